The Labute approximate surface area is 84.3 Å². The molecular formula is C9H19InN2. The molecule has 0 aliphatic carbocycles. The van der Waals surface area contributed by atoms with Crippen molar-refractivity contribution < 1.29 is 0 Å². The molecule has 0 N–H and O–H groups in total. The van der Waals surface area contributed by atoms with Gasteiger partial charge in [-0.3, -0.25) is 0 Å². The van der Waals surface area contributed by atoms with Crippen molar-refractivity contribution in [2.45, 2.75) is 23.2 Å². The molecular weight excluding hydrogens is 251 g/mol. The molecule has 0 bridgehead atoms. The number of allylic oxidation sites excluding steroid dienone is 2. The van der Waals surface area contributed by atoms with Crippen LogP contribution in [0.5, 0.6) is 0 Å². The second-order valence-corrected chi connectivity index (χ2v) is 11.8. The van der Waals surface area contributed by atoms with Crippen LogP contribution in [-0.2, 0) is 0 Å². The Morgan fingerprint density at radius 3 is 2.17 bits per heavy atom. The first-order chi connectivity index (χ1) is 5.49. The number of aliphatic imine (C=N–C) groups is 1. The van der Waals surface area contributed by atoms with Crippen LogP contribution in [0, 0.1) is 0 Å². The molecule has 0 aromatic heterocycles. The van der Waals surface area contributed by atoms with E-state index < -0.39 is 21.7 Å². The second-order valence-electron chi connectivity index (χ2n) is 3.36. The monoisotopic (exact) mass is 270 g/mol. The summed E-state index contributed by atoms with van der Waals surface area (Å²) in [6.45, 7) is 4.19. The van der Waals surface area contributed by atoms with Gasteiger partial charge < -0.3 is 0 Å². The van der Waals surface area contributed by atoms with Crippen molar-refractivity contribution in [1.82, 2.24) is 2.89 Å². The summed E-state index contributed by atoms with van der Waals surface area (Å²) in [4.78, 5) is 4.11. The van der Waals surface area contributed by atoms with Gasteiger partial charge in [-0.05, 0) is 0 Å². The molecule has 0 aromatic carbocycles. The van der Waals surface area contributed by atoms with E-state index in [4.69, 9.17) is 0 Å². The molecule has 0 aliphatic heterocycles. The average molecular weight is 270 g/mol. The fourth-order valence-electron chi connectivity index (χ4n) is 0.876. The van der Waals surface area contributed by atoms with Crippen LogP contribution < -0.4 is 0 Å². The predicted octanol–water partition coefficient (Wildman–Crippen LogP) is 2.16. The van der Waals surface area contributed by atoms with Gasteiger partial charge in [-0.2, -0.15) is 0 Å². The van der Waals surface area contributed by atoms with Gasteiger partial charge in [0, 0.05) is 0 Å². The fraction of sp³-hybridized carbons (Fsp3) is 0.667. The minimum atomic E-state index is -1.31. The van der Waals surface area contributed by atoms with Crippen LogP contribution in [0.4, 0.5) is 0 Å². The van der Waals surface area contributed by atoms with Crippen molar-refractivity contribution in [2.75, 3.05) is 14.1 Å². The van der Waals surface area contributed by atoms with E-state index >= 15 is 0 Å². The molecule has 0 amide bonds. The van der Waals surface area contributed by atoms with Gasteiger partial charge in [-0.15, -0.1) is 0 Å². The predicted molar refractivity (Wildman–Crippen MR) is 58.0 cm³/mol. The van der Waals surface area contributed by atoms with Gasteiger partial charge in [-0.25, -0.2) is 0 Å². The third-order valence-electron chi connectivity index (χ3n) is 2.10. The molecule has 0 rings (SSSR count). The average Bonchev–Trinajstić information content (AvgIpc) is 2.02. The van der Waals surface area contributed by atoms with E-state index in [0.717, 1.165) is 5.71 Å². The molecule has 0 atom stereocenters. The summed E-state index contributed by atoms with van der Waals surface area (Å²) in [7, 11) is 4.02. The molecule has 3 heteroatoms. The van der Waals surface area contributed by atoms with E-state index in [1.54, 1.807) is 0 Å². The van der Waals surface area contributed by atoms with E-state index in [1.165, 1.54) is 5.70 Å². The van der Waals surface area contributed by atoms with Gasteiger partial charge >= 0.3 is 84.4 Å². The van der Waals surface area contributed by atoms with Gasteiger partial charge in [0.1, 0.15) is 0 Å². The van der Waals surface area contributed by atoms with Crippen LogP contribution in [0.3, 0.4) is 0 Å². The number of hydrogen-bond acceptors (Lipinski definition) is 2. The molecule has 68 valence electrons. The van der Waals surface area contributed by atoms with E-state index in [-0.39, 0.29) is 0 Å². The van der Waals surface area contributed by atoms with Crippen LogP contribution in [0.25, 0.3) is 0 Å². The van der Waals surface area contributed by atoms with Crippen LogP contribution in [0.1, 0.15) is 13.8 Å². The zero-order valence-electron chi connectivity index (χ0n) is 9.05. The van der Waals surface area contributed by atoms with Crippen LogP contribution >= 0.6 is 0 Å². The third kappa shape index (κ3) is 4.19. The maximum absolute atomic E-state index is 4.11. The Bertz CT molecular complexity index is 195. The second kappa shape index (κ2) is 5.68. The molecule has 0 heterocycles. The Balaban J connectivity index is 4.37. The van der Waals surface area contributed by atoms with E-state index in [0.29, 0.717) is 0 Å². The summed E-state index contributed by atoms with van der Waals surface area (Å²) < 4.78 is 7.21. The molecule has 0 unspecified atom stereocenters. The minimum absolute atomic E-state index is 1.10. The summed E-state index contributed by atoms with van der Waals surface area (Å²) in [5.41, 5.74) is 2.45. The SMILES string of the molecule is CN=C(C)/C=C(/C)[N](C)[In]([CH3])[CH3]. The van der Waals surface area contributed by atoms with Crippen molar-refractivity contribution in [3.63, 3.8) is 0 Å². The molecule has 12 heavy (non-hydrogen) atoms. The summed E-state index contributed by atoms with van der Waals surface area (Å²) in [6, 6.07) is 0. The van der Waals surface area contributed by atoms with Crippen molar-refractivity contribution >= 4 is 27.4 Å². The standard InChI is InChI=1S/C7H13N2.2CH3.In/c1-6(8-3)5-7(2)9-4;;;/h5H,1-4H3;2*1H3;/q-1;;;+1/b6-5-,9-7?;;;. The van der Waals surface area contributed by atoms with Crippen LogP contribution in [-0.4, -0.2) is 44.4 Å². The van der Waals surface area contributed by atoms with Gasteiger partial charge in [0.05, 0.1) is 0 Å². The number of nitrogens with zero attached hydrogens (tertiary/aromatic N) is 2. The van der Waals surface area contributed by atoms with Crippen molar-refractivity contribution in [1.29, 1.82) is 0 Å². The van der Waals surface area contributed by atoms with Gasteiger partial charge in [0.2, 0.25) is 0 Å². The quantitative estimate of drug-likeness (QED) is 0.717. The molecule has 0 radical (unpaired) electrons. The molecule has 0 aromatic rings. The normalized spacial score (nSPS) is 13.2. The van der Waals surface area contributed by atoms with Gasteiger partial charge in [0.15, 0.2) is 0 Å². The zero-order valence-corrected chi connectivity index (χ0v) is 12.3. The Hall–Kier alpha value is 0.0801. The summed E-state index contributed by atoms with van der Waals surface area (Å²) in [5, 5.41) is 0. The third-order valence-corrected chi connectivity index (χ3v) is 7.69. The molecule has 0 saturated carbocycles. The summed E-state index contributed by atoms with van der Waals surface area (Å²) in [6.07, 6.45) is 2.15. The fourth-order valence-corrected chi connectivity index (χ4v) is 3.41. The van der Waals surface area contributed by atoms with Crippen molar-refractivity contribution in [3.05, 3.63) is 11.8 Å². The zero-order chi connectivity index (χ0) is 9.72. The maximum atomic E-state index is 4.11. The Morgan fingerprint density at radius 1 is 1.33 bits per heavy atom. The molecule has 0 fully saturated rings. The van der Waals surface area contributed by atoms with Crippen molar-refractivity contribution in [2.24, 2.45) is 4.99 Å². The number of hydrogen-bond donors (Lipinski definition) is 0. The molecule has 2 nitrogen and oxygen atoms in total. The number of rotatable bonds is 3. The Morgan fingerprint density at radius 2 is 1.83 bits per heavy atom. The topological polar surface area (TPSA) is 15.6 Å². The van der Waals surface area contributed by atoms with E-state index in [1.807, 2.05) is 14.0 Å². The van der Waals surface area contributed by atoms with Gasteiger partial charge in [0.25, 0.3) is 0 Å². The summed E-state index contributed by atoms with van der Waals surface area (Å²) >= 11 is -1.31. The van der Waals surface area contributed by atoms with Crippen LogP contribution in [0.2, 0.25) is 9.36 Å². The van der Waals surface area contributed by atoms with E-state index in [9.17, 15) is 0 Å². The van der Waals surface area contributed by atoms with Crippen LogP contribution in [0.15, 0.2) is 16.8 Å². The van der Waals surface area contributed by atoms with Crippen molar-refractivity contribution in [3.8, 4) is 0 Å². The first-order valence-electron chi connectivity index (χ1n) is 4.33. The first-order valence-corrected chi connectivity index (χ1v) is 12.4. The molecule has 0 spiro atoms. The molecule has 0 saturated heterocycles. The van der Waals surface area contributed by atoms with Gasteiger partial charge in [-0.1, -0.05) is 0 Å². The summed E-state index contributed by atoms with van der Waals surface area (Å²) in [5.74, 6) is 0. The Kier molecular flexibility index (Phi) is 5.72. The first kappa shape index (κ1) is 12.1. The van der Waals surface area contributed by atoms with E-state index in [2.05, 4.69) is 37.3 Å². The molecule has 0 aliphatic rings.